The lowest BCUT2D eigenvalue weighted by Gasteiger charge is -2.34. The van der Waals surface area contributed by atoms with Gasteiger partial charge in [-0.25, -0.2) is 4.79 Å². The quantitative estimate of drug-likeness (QED) is 0.707. The van der Waals surface area contributed by atoms with Crippen LogP contribution in [0.1, 0.15) is 30.0 Å². The predicted molar refractivity (Wildman–Crippen MR) is 129 cm³/mol. The number of hydrogen-bond donors (Lipinski definition) is 2. The first kappa shape index (κ1) is 23.3. The number of ether oxygens (including phenoxy) is 1. The van der Waals surface area contributed by atoms with Crippen molar-refractivity contribution in [2.45, 2.75) is 25.8 Å². The van der Waals surface area contributed by atoms with Gasteiger partial charge in [-0.05, 0) is 37.5 Å². The molecule has 2 fully saturated rings. The minimum Gasteiger partial charge on any atom is -0.379 e. The van der Waals surface area contributed by atoms with E-state index in [0.717, 1.165) is 56.9 Å². The lowest BCUT2D eigenvalue weighted by atomic mass is 9.96. The number of aryl methyl sites for hydroxylation is 1. The van der Waals surface area contributed by atoms with Crippen molar-refractivity contribution < 1.29 is 14.3 Å². The second-order valence-corrected chi connectivity index (χ2v) is 8.97. The van der Waals surface area contributed by atoms with E-state index in [4.69, 9.17) is 4.74 Å². The molecule has 2 aliphatic heterocycles. The van der Waals surface area contributed by atoms with E-state index in [1.807, 2.05) is 30.3 Å². The molecule has 2 heterocycles. The van der Waals surface area contributed by atoms with Crippen LogP contribution in [0.25, 0.3) is 0 Å². The lowest BCUT2D eigenvalue weighted by Crippen LogP contribution is -2.49. The third-order valence-corrected chi connectivity index (χ3v) is 6.45. The van der Waals surface area contributed by atoms with Crippen molar-refractivity contribution >= 4 is 17.6 Å². The van der Waals surface area contributed by atoms with E-state index in [1.54, 1.807) is 4.90 Å². The minimum atomic E-state index is -0.210. The Morgan fingerprint density at radius 1 is 1.03 bits per heavy atom. The standard InChI is InChI=1S/C26H34N4O3/c1-20-9-11-21(12-10-20)24(19-29-14-16-33-17-15-29)28-25(31)22-6-5-13-30(18-22)26(32)27-23-7-3-2-4-8-23/h2-4,7-12,22,24H,5-6,13-19H2,1H3,(H,27,32)(H,28,31)/t22-,24-/m0/s1. The number of nitrogens with zero attached hydrogens (tertiary/aromatic N) is 2. The molecule has 7 heteroatoms. The molecule has 0 bridgehead atoms. The third-order valence-electron chi connectivity index (χ3n) is 6.45. The number of rotatable bonds is 6. The maximum Gasteiger partial charge on any atom is 0.321 e. The summed E-state index contributed by atoms with van der Waals surface area (Å²) in [6.07, 6.45) is 1.61. The van der Waals surface area contributed by atoms with Crippen LogP contribution >= 0.6 is 0 Å². The highest BCUT2D eigenvalue weighted by Gasteiger charge is 2.30. The normalized spacial score (nSPS) is 20.2. The van der Waals surface area contributed by atoms with Crippen LogP contribution in [0, 0.1) is 12.8 Å². The predicted octanol–water partition coefficient (Wildman–Crippen LogP) is 3.43. The van der Waals surface area contributed by atoms with Crippen molar-refractivity contribution in [1.29, 1.82) is 0 Å². The van der Waals surface area contributed by atoms with Crippen molar-refractivity contribution in [3.63, 3.8) is 0 Å². The lowest BCUT2D eigenvalue weighted by molar-refractivity contribution is -0.127. The maximum atomic E-state index is 13.3. The SMILES string of the molecule is Cc1ccc([C@H](CN2CCOCC2)NC(=O)[C@H]2CCCN(C(=O)Nc3ccccc3)C2)cc1. The van der Waals surface area contributed by atoms with Crippen LogP contribution in [-0.4, -0.2) is 67.7 Å². The van der Waals surface area contributed by atoms with Crippen molar-refractivity contribution in [2.24, 2.45) is 5.92 Å². The molecule has 2 aliphatic rings. The Hall–Kier alpha value is -2.90. The van der Waals surface area contributed by atoms with Crippen LogP contribution in [-0.2, 0) is 9.53 Å². The fourth-order valence-corrected chi connectivity index (χ4v) is 4.46. The van der Waals surface area contributed by atoms with Crippen LogP contribution in [0.2, 0.25) is 0 Å². The Labute approximate surface area is 196 Å². The molecule has 0 aromatic heterocycles. The van der Waals surface area contributed by atoms with Crippen LogP contribution < -0.4 is 10.6 Å². The number of para-hydroxylation sites is 1. The fraction of sp³-hybridized carbons (Fsp3) is 0.462. The zero-order valence-electron chi connectivity index (χ0n) is 19.3. The van der Waals surface area contributed by atoms with Gasteiger partial charge in [0.1, 0.15) is 0 Å². The van der Waals surface area contributed by atoms with Gasteiger partial charge in [0.25, 0.3) is 0 Å². The highest BCUT2D eigenvalue weighted by molar-refractivity contribution is 5.90. The van der Waals surface area contributed by atoms with Gasteiger partial charge in [0.05, 0.1) is 25.2 Å². The Morgan fingerprint density at radius 3 is 2.48 bits per heavy atom. The number of hydrogen-bond acceptors (Lipinski definition) is 4. The van der Waals surface area contributed by atoms with Crippen molar-refractivity contribution in [1.82, 2.24) is 15.1 Å². The third kappa shape index (κ3) is 6.55. The minimum absolute atomic E-state index is 0.0195. The Balaban J connectivity index is 1.39. The molecular weight excluding hydrogens is 416 g/mol. The molecule has 0 radical (unpaired) electrons. The van der Waals surface area contributed by atoms with E-state index in [2.05, 4.69) is 46.7 Å². The number of benzene rings is 2. The number of carbonyl (C=O) groups excluding carboxylic acids is 2. The molecule has 3 amide bonds. The van der Waals surface area contributed by atoms with Gasteiger partial charge in [0.15, 0.2) is 0 Å². The first-order valence-electron chi connectivity index (χ1n) is 11.9. The average molecular weight is 451 g/mol. The van der Waals surface area contributed by atoms with Gasteiger partial charge in [-0.2, -0.15) is 0 Å². The zero-order valence-corrected chi connectivity index (χ0v) is 19.3. The Morgan fingerprint density at radius 2 is 1.76 bits per heavy atom. The number of carbonyl (C=O) groups is 2. The summed E-state index contributed by atoms with van der Waals surface area (Å²) in [6.45, 7) is 7.11. The molecular formula is C26H34N4O3. The molecule has 33 heavy (non-hydrogen) atoms. The van der Waals surface area contributed by atoms with Gasteiger partial charge in [0, 0.05) is 38.4 Å². The fourth-order valence-electron chi connectivity index (χ4n) is 4.46. The van der Waals surface area contributed by atoms with Crippen molar-refractivity contribution in [2.75, 3.05) is 51.3 Å². The molecule has 4 rings (SSSR count). The highest BCUT2D eigenvalue weighted by atomic mass is 16.5. The molecule has 0 spiro atoms. The number of likely N-dealkylation sites (tertiary alicyclic amines) is 1. The Bertz CT molecular complexity index is 913. The van der Waals surface area contributed by atoms with E-state index in [9.17, 15) is 9.59 Å². The molecule has 0 unspecified atom stereocenters. The number of morpholine rings is 1. The molecule has 2 aromatic carbocycles. The molecule has 0 aliphatic carbocycles. The first-order chi connectivity index (χ1) is 16.1. The summed E-state index contributed by atoms with van der Waals surface area (Å²) in [5, 5.41) is 6.23. The summed E-state index contributed by atoms with van der Waals surface area (Å²) in [4.78, 5) is 30.1. The number of nitrogens with one attached hydrogen (secondary N) is 2. The van der Waals surface area contributed by atoms with Gasteiger partial charge < -0.3 is 20.3 Å². The largest absolute Gasteiger partial charge is 0.379 e. The topological polar surface area (TPSA) is 73.9 Å². The van der Waals surface area contributed by atoms with Gasteiger partial charge >= 0.3 is 6.03 Å². The van der Waals surface area contributed by atoms with Crippen LogP contribution in [0.15, 0.2) is 54.6 Å². The summed E-state index contributed by atoms with van der Waals surface area (Å²) in [5.74, 6) is -0.191. The van der Waals surface area contributed by atoms with E-state index in [-0.39, 0.29) is 23.9 Å². The summed E-state index contributed by atoms with van der Waals surface area (Å²) in [6, 6.07) is 17.6. The van der Waals surface area contributed by atoms with E-state index >= 15 is 0 Å². The van der Waals surface area contributed by atoms with Crippen LogP contribution in [0.5, 0.6) is 0 Å². The summed E-state index contributed by atoms with van der Waals surface area (Å²) >= 11 is 0. The maximum absolute atomic E-state index is 13.3. The first-order valence-corrected chi connectivity index (χ1v) is 11.9. The number of piperidine rings is 1. The average Bonchev–Trinajstić information content (AvgIpc) is 2.85. The zero-order chi connectivity index (χ0) is 23.0. The molecule has 2 atom stereocenters. The van der Waals surface area contributed by atoms with Crippen molar-refractivity contribution in [3.05, 3.63) is 65.7 Å². The molecule has 7 nitrogen and oxygen atoms in total. The smallest absolute Gasteiger partial charge is 0.321 e. The van der Waals surface area contributed by atoms with Crippen molar-refractivity contribution in [3.8, 4) is 0 Å². The molecule has 2 aromatic rings. The molecule has 176 valence electrons. The van der Waals surface area contributed by atoms with Gasteiger partial charge in [-0.1, -0.05) is 48.0 Å². The molecule has 2 saturated heterocycles. The second-order valence-electron chi connectivity index (χ2n) is 8.97. The Kier molecular flexibility index (Phi) is 7.96. The summed E-state index contributed by atoms with van der Waals surface area (Å²) < 4.78 is 5.48. The molecule has 2 N–H and O–H groups in total. The van der Waals surface area contributed by atoms with Crippen LogP contribution in [0.3, 0.4) is 0 Å². The number of anilines is 1. The van der Waals surface area contributed by atoms with Gasteiger partial charge in [0.2, 0.25) is 5.91 Å². The number of urea groups is 1. The van der Waals surface area contributed by atoms with E-state index < -0.39 is 0 Å². The second kappa shape index (κ2) is 11.3. The monoisotopic (exact) mass is 450 g/mol. The summed E-state index contributed by atoms with van der Waals surface area (Å²) in [7, 11) is 0. The van der Waals surface area contributed by atoms with Gasteiger partial charge in [-0.3, -0.25) is 9.69 Å². The number of amides is 3. The highest BCUT2D eigenvalue weighted by Crippen LogP contribution is 2.22. The van der Waals surface area contributed by atoms with Crippen LogP contribution in [0.4, 0.5) is 10.5 Å². The van der Waals surface area contributed by atoms with E-state index in [1.165, 1.54) is 5.56 Å². The summed E-state index contributed by atoms with van der Waals surface area (Å²) in [5.41, 5.74) is 3.07. The molecule has 0 saturated carbocycles. The van der Waals surface area contributed by atoms with Gasteiger partial charge in [-0.15, -0.1) is 0 Å². The van der Waals surface area contributed by atoms with E-state index in [0.29, 0.717) is 13.1 Å².